The lowest BCUT2D eigenvalue weighted by atomic mass is 9.96. The number of halogens is 3. The number of aryl methyl sites for hydroxylation is 1. The van der Waals surface area contributed by atoms with Crippen LogP contribution in [0.5, 0.6) is 0 Å². The molecule has 0 atom stereocenters. The Bertz CT molecular complexity index is 2080. The van der Waals surface area contributed by atoms with E-state index >= 15 is 0 Å². The molecule has 1 aromatic heterocycles. The van der Waals surface area contributed by atoms with Crippen molar-refractivity contribution in [1.82, 2.24) is 29.8 Å². The number of rotatable bonds is 8. The molecule has 0 spiro atoms. The molecule has 8 nitrogen and oxygen atoms in total. The fourth-order valence-corrected chi connectivity index (χ4v) is 7.09. The SMILES string of the molecule is C=CC(=O)N1CCN(Cc2ccc(-c3c(C)ccc4[nH]ncc34)cc2)CC1.C=CC(=O)N1CCN(Cc2ccc(-c3ccccc3C(F)(F)F)cc2)CC1. The molecule has 7 rings (SSSR count). The van der Waals surface area contributed by atoms with Gasteiger partial charge in [-0.1, -0.05) is 86.0 Å². The first kappa shape index (κ1) is 38.2. The van der Waals surface area contributed by atoms with E-state index in [1.54, 1.807) is 23.1 Å². The van der Waals surface area contributed by atoms with Crippen LogP contribution in [0.4, 0.5) is 13.2 Å². The third kappa shape index (κ3) is 9.15. The number of fused-ring (bicyclic) bond motifs is 1. The molecule has 2 aliphatic heterocycles. The molecule has 0 bridgehead atoms. The molecule has 1 N–H and O–H groups in total. The predicted molar refractivity (Wildman–Crippen MR) is 207 cm³/mol. The van der Waals surface area contributed by atoms with Crippen molar-refractivity contribution in [1.29, 1.82) is 0 Å². The molecule has 280 valence electrons. The molecular formula is C43H45F3N6O2. The number of benzene rings is 4. The Morgan fingerprint density at radius 2 is 1.20 bits per heavy atom. The second kappa shape index (κ2) is 17.1. The maximum atomic E-state index is 13.2. The zero-order valence-electron chi connectivity index (χ0n) is 30.5. The number of H-pyrrole nitrogens is 1. The van der Waals surface area contributed by atoms with E-state index in [1.807, 2.05) is 23.2 Å². The Balaban J connectivity index is 0.000000184. The summed E-state index contributed by atoms with van der Waals surface area (Å²) in [6, 6.07) is 25.8. The average Bonchev–Trinajstić information content (AvgIpc) is 3.67. The van der Waals surface area contributed by atoms with Gasteiger partial charge >= 0.3 is 6.18 Å². The van der Waals surface area contributed by atoms with Crippen LogP contribution in [0.1, 0.15) is 22.3 Å². The summed E-state index contributed by atoms with van der Waals surface area (Å²) in [6.45, 7) is 17.0. The highest BCUT2D eigenvalue weighted by Gasteiger charge is 2.33. The van der Waals surface area contributed by atoms with Gasteiger partial charge in [0.05, 0.1) is 17.3 Å². The number of aromatic nitrogens is 2. The fraction of sp³-hybridized carbons (Fsp3) is 0.279. The van der Waals surface area contributed by atoms with Crippen molar-refractivity contribution in [2.45, 2.75) is 26.2 Å². The minimum Gasteiger partial charge on any atom is -0.337 e. The molecule has 2 fully saturated rings. The van der Waals surface area contributed by atoms with Crippen LogP contribution in [-0.2, 0) is 28.9 Å². The number of carbonyl (C=O) groups is 2. The average molecular weight is 735 g/mol. The van der Waals surface area contributed by atoms with Gasteiger partial charge in [0, 0.05) is 70.8 Å². The van der Waals surface area contributed by atoms with Gasteiger partial charge in [-0.15, -0.1) is 0 Å². The maximum absolute atomic E-state index is 13.2. The third-order valence-corrected chi connectivity index (χ3v) is 10.1. The highest BCUT2D eigenvalue weighted by Crippen LogP contribution is 2.37. The highest BCUT2D eigenvalue weighted by molar-refractivity contribution is 5.96. The van der Waals surface area contributed by atoms with E-state index < -0.39 is 11.7 Å². The molecule has 2 amide bonds. The van der Waals surface area contributed by atoms with Crippen molar-refractivity contribution in [3.05, 3.63) is 139 Å². The summed E-state index contributed by atoms with van der Waals surface area (Å²) in [4.78, 5) is 31.5. The molecule has 0 aliphatic carbocycles. The summed E-state index contributed by atoms with van der Waals surface area (Å²) in [5.41, 5.74) is 7.20. The van der Waals surface area contributed by atoms with Gasteiger partial charge in [-0.25, -0.2) is 0 Å². The van der Waals surface area contributed by atoms with Crippen molar-refractivity contribution in [2.24, 2.45) is 0 Å². The number of alkyl halides is 3. The molecule has 3 heterocycles. The number of nitrogens with zero attached hydrogens (tertiary/aromatic N) is 5. The van der Waals surface area contributed by atoms with Crippen LogP contribution in [-0.4, -0.2) is 94.0 Å². The quantitative estimate of drug-likeness (QED) is 0.167. The zero-order chi connectivity index (χ0) is 38.2. The largest absolute Gasteiger partial charge is 0.417 e. The van der Waals surface area contributed by atoms with Gasteiger partial charge in [-0.2, -0.15) is 18.3 Å². The number of amides is 2. The lowest BCUT2D eigenvalue weighted by Crippen LogP contribution is -2.47. The molecule has 11 heteroatoms. The minimum absolute atomic E-state index is 0.0304. The van der Waals surface area contributed by atoms with E-state index in [-0.39, 0.29) is 17.4 Å². The molecule has 0 unspecified atom stereocenters. The van der Waals surface area contributed by atoms with Crippen molar-refractivity contribution in [3.8, 4) is 22.3 Å². The van der Waals surface area contributed by atoms with Crippen molar-refractivity contribution in [3.63, 3.8) is 0 Å². The van der Waals surface area contributed by atoms with Gasteiger partial charge < -0.3 is 9.80 Å². The van der Waals surface area contributed by atoms with Gasteiger partial charge in [0.15, 0.2) is 0 Å². The molecule has 4 aromatic carbocycles. The topological polar surface area (TPSA) is 75.8 Å². The number of piperazine rings is 2. The van der Waals surface area contributed by atoms with E-state index in [4.69, 9.17) is 0 Å². The normalized spacial score (nSPS) is 15.4. The third-order valence-electron chi connectivity index (χ3n) is 10.1. The van der Waals surface area contributed by atoms with Crippen molar-refractivity contribution >= 4 is 22.7 Å². The molecular weight excluding hydrogens is 690 g/mol. The van der Waals surface area contributed by atoms with Crippen LogP contribution in [0.2, 0.25) is 0 Å². The lowest BCUT2D eigenvalue weighted by Gasteiger charge is -2.34. The Morgan fingerprint density at radius 1 is 0.704 bits per heavy atom. The summed E-state index contributed by atoms with van der Waals surface area (Å²) >= 11 is 0. The summed E-state index contributed by atoms with van der Waals surface area (Å²) < 4.78 is 39.6. The Morgan fingerprint density at radius 3 is 1.70 bits per heavy atom. The second-order valence-corrected chi connectivity index (χ2v) is 13.6. The van der Waals surface area contributed by atoms with E-state index in [2.05, 4.69) is 76.5 Å². The number of carbonyl (C=O) groups excluding carboxylic acids is 2. The number of hydrogen-bond donors (Lipinski definition) is 1. The molecule has 2 saturated heterocycles. The second-order valence-electron chi connectivity index (χ2n) is 13.6. The first-order chi connectivity index (χ1) is 26.0. The predicted octanol–water partition coefficient (Wildman–Crippen LogP) is 7.57. The van der Waals surface area contributed by atoms with Gasteiger partial charge in [-0.05, 0) is 70.2 Å². The van der Waals surface area contributed by atoms with E-state index in [1.165, 1.54) is 46.5 Å². The summed E-state index contributed by atoms with van der Waals surface area (Å²) in [7, 11) is 0. The fourth-order valence-electron chi connectivity index (χ4n) is 7.09. The van der Waals surface area contributed by atoms with Crippen LogP contribution in [0.3, 0.4) is 0 Å². The molecule has 0 saturated carbocycles. The Kier molecular flexibility index (Phi) is 12.1. The van der Waals surface area contributed by atoms with Crippen molar-refractivity contribution in [2.75, 3.05) is 52.4 Å². The van der Waals surface area contributed by atoms with Gasteiger partial charge in [0.25, 0.3) is 0 Å². The van der Waals surface area contributed by atoms with Crippen molar-refractivity contribution < 1.29 is 22.8 Å². The van der Waals surface area contributed by atoms with Crippen LogP contribution < -0.4 is 0 Å². The van der Waals surface area contributed by atoms with Crippen LogP contribution in [0, 0.1) is 6.92 Å². The number of aromatic amines is 1. The standard InChI is InChI=1S/C22H24N4O.C21H21F3N2O/c1-3-21(27)26-12-10-25(11-13-26)15-17-5-7-18(8-6-17)22-16(2)4-9-20-19(22)14-23-24-20;1-2-20(27)26-13-11-25(12-14-26)15-16-7-9-17(10-8-16)18-5-3-4-6-19(18)21(22,23)24/h3-9,14H,1,10-13,15H2,2H3,(H,23,24);2-10H,1,11-15H2. The summed E-state index contributed by atoms with van der Waals surface area (Å²) in [5.74, 6) is -0.0230. The Labute approximate surface area is 314 Å². The lowest BCUT2D eigenvalue weighted by molar-refractivity contribution is -0.137. The summed E-state index contributed by atoms with van der Waals surface area (Å²) in [6.07, 6.45) is 0.248. The van der Waals surface area contributed by atoms with Crippen LogP contribution >= 0.6 is 0 Å². The Hall–Kier alpha value is -5.52. The number of nitrogens with one attached hydrogen (secondary N) is 1. The monoisotopic (exact) mass is 734 g/mol. The highest BCUT2D eigenvalue weighted by atomic mass is 19.4. The first-order valence-electron chi connectivity index (χ1n) is 18.1. The summed E-state index contributed by atoms with van der Waals surface area (Å²) in [5, 5.41) is 8.39. The minimum atomic E-state index is -4.38. The molecule has 0 radical (unpaired) electrons. The molecule has 5 aromatic rings. The maximum Gasteiger partial charge on any atom is 0.417 e. The van der Waals surface area contributed by atoms with Crippen LogP contribution in [0.15, 0.2) is 116 Å². The van der Waals surface area contributed by atoms with Gasteiger partial charge in [-0.3, -0.25) is 24.5 Å². The van der Waals surface area contributed by atoms with E-state index in [0.717, 1.165) is 68.3 Å². The molecule has 54 heavy (non-hydrogen) atoms. The first-order valence-corrected chi connectivity index (χ1v) is 18.1. The van der Waals surface area contributed by atoms with E-state index in [0.29, 0.717) is 25.2 Å². The van der Waals surface area contributed by atoms with E-state index in [9.17, 15) is 22.8 Å². The zero-order valence-corrected chi connectivity index (χ0v) is 30.5. The smallest absolute Gasteiger partial charge is 0.337 e. The molecule has 2 aliphatic rings. The van der Waals surface area contributed by atoms with Gasteiger partial charge in [0.2, 0.25) is 11.8 Å². The van der Waals surface area contributed by atoms with Gasteiger partial charge in [0.1, 0.15) is 0 Å². The number of hydrogen-bond acceptors (Lipinski definition) is 5. The van der Waals surface area contributed by atoms with Crippen LogP contribution in [0.25, 0.3) is 33.2 Å².